The maximum Gasteiger partial charge on any atom is 0.185 e. The highest BCUT2D eigenvalue weighted by molar-refractivity contribution is 7.17. The van der Waals surface area contributed by atoms with Crippen molar-refractivity contribution in [3.05, 3.63) is 17.2 Å². The lowest BCUT2D eigenvalue weighted by atomic mass is 9.98. The summed E-state index contributed by atoms with van der Waals surface area (Å²) in [5.74, 6) is 0. The summed E-state index contributed by atoms with van der Waals surface area (Å²) in [7, 11) is 2.32. The Morgan fingerprint density at radius 3 is 2.67 bits per heavy atom. The highest BCUT2D eigenvalue weighted by Gasteiger charge is 2.46. The van der Waals surface area contributed by atoms with Crippen LogP contribution in [0.15, 0.2) is 11.3 Å². The van der Waals surface area contributed by atoms with Crippen LogP contribution >= 0.6 is 9.24 Å². The Kier molecular flexibility index (Phi) is 7.06. The van der Waals surface area contributed by atoms with Crippen molar-refractivity contribution in [3.63, 3.8) is 0 Å². The number of hydrogen-bond donors (Lipinski definition) is 4. The molecular weight excluding hydrogens is 341 g/mol. The van der Waals surface area contributed by atoms with Gasteiger partial charge < -0.3 is 40.9 Å². The molecule has 9 nitrogen and oxygen atoms in total. The Morgan fingerprint density at radius 1 is 1.38 bits per heavy atom. The van der Waals surface area contributed by atoms with Crippen molar-refractivity contribution in [1.82, 2.24) is 0 Å². The van der Waals surface area contributed by atoms with E-state index in [9.17, 15) is 20.2 Å². The van der Waals surface area contributed by atoms with Gasteiger partial charge in [-0.2, -0.15) is 4.91 Å². The van der Waals surface area contributed by atoms with Gasteiger partial charge in [-0.15, -0.1) is 9.24 Å². The topological polar surface area (TPSA) is 138 Å². The summed E-state index contributed by atoms with van der Waals surface area (Å²) in [4.78, 5) is 11.0. The number of rotatable bonds is 5. The van der Waals surface area contributed by atoms with Crippen LogP contribution in [0.25, 0.3) is 0 Å². The SMILES string of the molecule is CCC1OC(O)C(O)CC1OC1OC(C=[C-]O)C(N=O)C(P)C1O. The number of ether oxygens (including phenoxy) is 3. The van der Waals surface area contributed by atoms with E-state index in [1.807, 2.05) is 6.92 Å². The number of aliphatic hydroxyl groups is 4. The standard InChI is InChI=1S/C14H23NO8P/c1-2-7-9(5-6(17)13(19)21-7)23-14-11(18)12(24)10(15-20)8(22-14)3-4-16/h3,6-14,16-19H,2,5,24H2,1H3/q-1. The van der Waals surface area contributed by atoms with E-state index in [1.165, 1.54) is 0 Å². The van der Waals surface area contributed by atoms with Gasteiger partial charge in [0.1, 0.15) is 18.2 Å². The molecule has 0 aliphatic carbocycles. The van der Waals surface area contributed by atoms with E-state index in [2.05, 4.69) is 14.4 Å². The molecule has 2 heterocycles. The zero-order chi connectivity index (χ0) is 17.9. The fourth-order valence-electron chi connectivity index (χ4n) is 2.91. The minimum atomic E-state index is -1.29. The molecular formula is C14H23NO8P-. The summed E-state index contributed by atoms with van der Waals surface area (Å²) in [6.45, 7) is 1.83. The van der Waals surface area contributed by atoms with E-state index >= 15 is 0 Å². The highest BCUT2D eigenvalue weighted by atomic mass is 31.0. The average Bonchev–Trinajstić information content (AvgIpc) is 2.56. The molecule has 0 aromatic carbocycles. The van der Waals surface area contributed by atoms with Crippen molar-refractivity contribution in [2.45, 2.75) is 74.6 Å². The number of nitrogens with zero attached hydrogens (tertiary/aromatic N) is 1. The summed E-state index contributed by atoms with van der Waals surface area (Å²) in [6, 6.07) is -0.929. The molecule has 10 atom stereocenters. The summed E-state index contributed by atoms with van der Waals surface area (Å²) in [6.07, 6.45) is -3.15. The Morgan fingerprint density at radius 2 is 2.08 bits per heavy atom. The van der Waals surface area contributed by atoms with Crippen LogP contribution in [0.5, 0.6) is 0 Å². The van der Waals surface area contributed by atoms with Crippen LogP contribution in [-0.2, 0) is 14.2 Å². The van der Waals surface area contributed by atoms with Crippen molar-refractivity contribution in [2.75, 3.05) is 0 Å². The number of hydrogen-bond acceptors (Lipinski definition) is 9. The van der Waals surface area contributed by atoms with Gasteiger partial charge in [0, 0.05) is 12.1 Å². The molecule has 138 valence electrons. The number of aliphatic hydroxyl groups excluding tert-OH is 4. The van der Waals surface area contributed by atoms with E-state index in [4.69, 9.17) is 19.3 Å². The second-order valence-electron chi connectivity index (χ2n) is 5.88. The van der Waals surface area contributed by atoms with Gasteiger partial charge >= 0.3 is 0 Å². The molecule has 4 N–H and O–H groups in total. The average molecular weight is 364 g/mol. The zero-order valence-corrected chi connectivity index (χ0v) is 14.3. The highest BCUT2D eigenvalue weighted by Crippen LogP contribution is 2.33. The van der Waals surface area contributed by atoms with E-state index < -0.39 is 54.8 Å². The van der Waals surface area contributed by atoms with Gasteiger partial charge in [0.15, 0.2) is 12.6 Å². The fraction of sp³-hybridized carbons (Fsp3) is 0.857. The van der Waals surface area contributed by atoms with Crippen LogP contribution in [0, 0.1) is 11.2 Å². The van der Waals surface area contributed by atoms with E-state index in [0.717, 1.165) is 6.08 Å². The minimum absolute atomic E-state index is 0.107. The van der Waals surface area contributed by atoms with Crippen LogP contribution in [0.4, 0.5) is 0 Å². The third kappa shape index (κ3) is 4.11. The molecule has 10 heteroatoms. The molecule has 24 heavy (non-hydrogen) atoms. The van der Waals surface area contributed by atoms with Crippen molar-refractivity contribution < 1.29 is 34.6 Å². The summed E-state index contributed by atoms with van der Waals surface area (Å²) in [5, 5.41) is 41.4. The first-order valence-corrected chi connectivity index (χ1v) is 8.41. The molecule has 2 saturated heterocycles. The molecule has 0 aromatic rings. The molecule has 2 rings (SSSR count). The fourth-order valence-corrected chi connectivity index (χ4v) is 3.38. The lowest BCUT2D eigenvalue weighted by Crippen LogP contribution is -2.57. The van der Waals surface area contributed by atoms with E-state index in [-0.39, 0.29) is 6.42 Å². The first-order chi connectivity index (χ1) is 11.4. The lowest BCUT2D eigenvalue weighted by molar-refractivity contribution is -0.305. The second-order valence-corrected chi connectivity index (χ2v) is 6.65. The summed E-state index contributed by atoms with van der Waals surface area (Å²) >= 11 is 0. The van der Waals surface area contributed by atoms with Crippen LogP contribution in [0.1, 0.15) is 19.8 Å². The van der Waals surface area contributed by atoms with Gasteiger partial charge in [-0.1, -0.05) is 12.1 Å². The Bertz CT molecular complexity index is 452. The first-order valence-electron chi connectivity index (χ1n) is 7.74. The molecule has 10 unspecified atom stereocenters. The summed E-state index contributed by atoms with van der Waals surface area (Å²) in [5.41, 5.74) is -0.657. The van der Waals surface area contributed by atoms with Gasteiger partial charge in [0.2, 0.25) is 0 Å². The van der Waals surface area contributed by atoms with Gasteiger partial charge in [-0.05, 0) is 6.42 Å². The predicted molar refractivity (Wildman–Crippen MR) is 84.9 cm³/mol. The molecule has 0 radical (unpaired) electrons. The Balaban J connectivity index is 2.11. The molecule has 2 aliphatic heterocycles. The van der Waals surface area contributed by atoms with E-state index in [1.54, 1.807) is 6.26 Å². The first kappa shape index (κ1) is 19.7. The molecule has 2 fully saturated rings. The second kappa shape index (κ2) is 8.62. The van der Waals surface area contributed by atoms with Gasteiger partial charge in [-0.3, -0.25) is 0 Å². The van der Waals surface area contributed by atoms with Crippen LogP contribution < -0.4 is 0 Å². The monoisotopic (exact) mass is 364 g/mol. The third-order valence-electron chi connectivity index (χ3n) is 4.30. The summed E-state index contributed by atoms with van der Waals surface area (Å²) < 4.78 is 16.6. The molecule has 2 aliphatic rings. The zero-order valence-electron chi connectivity index (χ0n) is 13.1. The van der Waals surface area contributed by atoms with Crippen LogP contribution in [-0.4, -0.2) is 75.2 Å². The van der Waals surface area contributed by atoms with Crippen molar-refractivity contribution in [2.24, 2.45) is 5.18 Å². The Labute approximate surface area is 141 Å². The van der Waals surface area contributed by atoms with Crippen LogP contribution in [0.2, 0.25) is 0 Å². The van der Waals surface area contributed by atoms with Crippen LogP contribution in [0.3, 0.4) is 0 Å². The predicted octanol–water partition coefficient (Wildman–Crippen LogP) is -0.411. The molecule has 0 aromatic heterocycles. The molecule has 0 amide bonds. The largest absolute Gasteiger partial charge is 0.705 e. The van der Waals surface area contributed by atoms with Crippen molar-refractivity contribution in [3.8, 4) is 0 Å². The smallest absolute Gasteiger partial charge is 0.185 e. The Hall–Kier alpha value is -0.670. The third-order valence-corrected chi connectivity index (χ3v) is 5.09. The lowest BCUT2D eigenvalue weighted by Gasteiger charge is -2.44. The quantitative estimate of drug-likeness (QED) is 0.224. The molecule has 0 spiro atoms. The maximum absolute atomic E-state index is 11.0. The van der Waals surface area contributed by atoms with Crippen molar-refractivity contribution >= 4 is 9.24 Å². The van der Waals surface area contributed by atoms with Crippen molar-refractivity contribution in [1.29, 1.82) is 0 Å². The van der Waals surface area contributed by atoms with E-state index in [0.29, 0.717) is 6.42 Å². The molecule has 0 saturated carbocycles. The number of nitroso groups, excluding NO2 is 1. The van der Waals surface area contributed by atoms with Gasteiger partial charge in [0.05, 0.1) is 18.3 Å². The minimum Gasteiger partial charge on any atom is -0.705 e. The normalized spacial score (nSPS) is 47.0. The molecule has 0 bridgehead atoms. The van der Waals surface area contributed by atoms with Gasteiger partial charge in [-0.25, -0.2) is 6.08 Å². The van der Waals surface area contributed by atoms with Gasteiger partial charge in [0.25, 0.3) is 0 Å². The maximum atomic E-state index is 11.0.